The van der Waals surface area contributed by atoms with Crippen molar-refractivity contribution in [1.29, 1.82) is 5.26 Å². The van der Waals surface area contributed by atoms with Crippen LogP contribution in [0.15, 0.2) is 66.1 Å². The summed E-state index contributed by atoms with van der Waals surface area (Å²) in [6, 6.07) is 17.5. The summed E-state index contributed by atoms with van der Waals surface area (Å²) in [6.45, 7) is 4.25. The average Bonchev–Trinajstić information content (AvgIpc) is 3.01. The number of halogens is 1. The minimum atomic E-state index is -0.718. The number of benzene rings is 2. The van der Waals surface area contributed by atoms with Crippen LogP contribution in [0.1, 0.15) is 31.1 Å². The molecule has 1 heterocycles. The molecule has 28 heavy (non-hydrogen) atoms. The second-order valence-electron chi connectivity index (χ2n) is 6.46. The molecule has 6 heteroatoms. The van der Waals surface area contributed by atoms with Gasteiger partial charge in [0.2, 0.25) is 5.88 Å². The monoisotopic (exact) mass is 380 g/mol. The van der Waals surface area contributed by atoms with Crippen molar-refractivity contribution in [2.75, 3.05) is 6.61 Å². The molecule has 0 amide bonds. The normalized spacial score (nSPS) is 20.3. The molecule has 2 atom stereocenters. The lowest BCUT2D eigenvalue weighted by Crippen LogP contribution is -2.29. The Hall–Kier alpha value is -3.33. The Morgan fingerprint density at radius 1 is 1.21 bits per heavy atom. The predicted octanol–water partition coefficient (Wildman–Crippen LogP) is 4.09. The van der Waals surface area contributed by atoms with Crippen LogP contribution in [0.2, 0.25) is 0 Å². The van der Waals surface area contributed by atoms with Crippen molar-refractivity contribution in [3.05, 3.63) is 83.0 Å². The zero-order valence-corrected chi connectivity index (χ0v) is 15.8. The number of esters is 1. The van der Waals surface area contributed by atoms with Gasteiger partial charge >= 0.3 is 5.97 Å². The van der Waals surface area contributed by atoms with E-state index >= 15 is 0 Å². The topological polar surface area (TPSA) is 62.6 Å². The number of nitrogens with zero attached hydrogens (tertiary/aromatic N) is 2. The Balaban J connectivity index is 2.02. The second-order valence-corrected chi connectivity index (χ2v) is 6.46. The molecule has 0 N–H and O–H groups in total. The SMILES string of the molecule is CCOC(=O)/C(C#N)=C1\O[C@H](c2ccc(F)cc2)[C@@H](C)N1Cc1ccccc1. The van der Waals surface area contributed by atoms with Crippen molar-refractivity contribution in [3.8, 4) is 6.07 Å². The van der Waals surface area contributed by atoms with Crippen molar-refractivity contribution in [1.82, 2.24) is 4.90 Å². The molecule has 0 aliphatic carbocycles. The molecule has 2 aromatic carbocycles. The smallest absolute Gasteiger partial charge is 0.354 e. The fourth-order valence-electron chi connectivity index (χ4n) is 3.22. The minimum Gasteiger partial charge on any atom is -0.468 e. The molecular formula is C22H21FN2O3. The highest BCUT2D eigenvalue weighted by atomic mass is 19.1. The fraction of sp³-hybridized carbons (Fsp3) is 0.273. The molecule has 3 rings (SSSR count). The highest BCUT2D eigenvalue weighted by molar-refractivity contribution is 5.93. The highest BCUT2D eigenvalue weighted by Crippen LogP contribution is 2.39. The van der Waals surface area contributed by atoms with Crippen molar-refractivity contribution in [3.63, 3.8) is 0 Å². The number of ether oxygens (including phenoxy) is 2. The van der Waals surface area contributed by atoms with Crippen LogP contribution in [-0.4, -0.2) is 23.5 Å². The van der Waals surface area contributed by atoms with Gasteiger partial charge in [-0.3, -0.25) is 0 Å². The number of rotatable bonds is 5. The van der Waals surface area contributed by atoms with Gasteiger partial charge in [0.05, 0.1) is 12.6 Å². The molecule has 0 bridgehead atoms. The van der Waals surface area contributed by atoms with Gasteiger partial charge in [-0.05, 0) is 37.1 Å². The third kappa shape index (κ3) is 3.99. The highest BCUT2D eigenvalue weighted by Gasteiger charge is 2.40. The lowest BCUT2D eigenvalue weighted by atomic mass is 10.0. The van der Waals surface area contributed by atoms with Crippen LogP contribution in [0.3, 0.4) is 0 Å². The van der Waals surface area contributed by atoms with E-state index in [1.807, 2.05) is 48.2 Å². The molecule has 1 aliphatic rings. The quantitative estimate of drug-likeness (QED) is 0.444. The van der Waals surface area contributed by atoms with E-state index < -0.39 is 12.1 Å². The summed E-state index contributed by atoms with van der Waals surface area (Å²) >= 11 is 0. The molecule has 0 unspecified atom stereocenters. The lowest BCUT2D eigenvalue weighted by Gasteiger charge is -2.23. The third-order valence-electron chi connectivity index (χ3n) is 4.63. The van der Waals surface area contributed by atoms with Gasteiger partial charge in [0.1, 0.15) is 18.0 Å². The maximum Gasteiger partial charge on any atom is 0.354 e. The van der Waals surface area contributed by atoms with Gasteiger partial charge in [-0.1, -0.05) is 42.5 Å². The van der Waals surface area contributed by atoms with Crippen molar-refractivity contribution >= 4 is 5.97 Å². The summed E-state index contributed by atoms with van der Waals surface area (Å²) in [5.41, 5.74) is 1.61. The predicted molar refractivity (Wildman–Crippen MR) is 101 cm³/mol. The molecule has 1 fully saturated rings. The van der Waals surface area contributed by atoms with Crippen molar-refractivity contribution < 1.29 is 18.7 Å². The van der Waals surface area contributed by atoms with E-state index in [9.17, 15) is 14.4 Å². The summed E-state index contributed by atoms with van der Waals surface area (Å²) in [4.78, 5) is 14.2. The van der Waals surface area contributed by atoms with E-state index in [1.54, 1.807) is 19.1 Å². The van der Waals surface area contributed by atoms with E-state index in [4.69, 9.17) is 9.47 Å². The van der Waals surface area contributed by atoms with Gasteiger partial charge in [-0.25, -0.2) is 9.18 Å². The van der Waals surface area contributed by atoms with E-state index in [1.165, 1.54) is 12.1 Å². The van der Waals surface area contributed by atoms with Crippen LogP contribution >= 0.6 is 0 Å². The summed E-state index contributed by atoms with van der Waals surface area (Å²) in [5, 5.41) is 9.58. The number of nitriles is 1. The number of carbonyl (C=O) groups is 1. The van der Waals surface area contributed by atoms with E-state index in [0.29, 0.717) is 6.54 Å². The van der Waals surface area contributed by atoms with Gasteiger partial charge in [0, 0.05) is 6.54 Å². The summed E-state index contributed by atoms with van der Waals surface area (Å²) in [7, 11) is 0. The molecule has 1 saturated heterocycles. The Morgan fingerprint density at radius 3 is 2.50 bits per heavy atom. The Kier molecular flexibility index (Phi) is 5.95. The Labute approximate surface area is 163 Å². The van der Waals surface area contributed by atoms with Crippen LogP contribution in [0.4, 0.5) is 4.39 Å². The average molecular weight is 380 g/mol. The number of hydrogen-bond acceptors (Lipinski definition) is 5. The minimum absolute atomic E-state index is 0.160. The molecule has 144 valence electrons. The first-order chi connectivity index (χ1) is 13.5. The molecule has 2 aromatic rings. The van der Waals surface area contributed by atoms with E-state index in [2.05, 4.69) is 0 Å². The summed E-state index contributed by atoms with van der Waals surface area (Å²) in [5.74, 6) is -0.868. The van der Waals surface area contributed by atoms with Crippen molar-refractivity contribution in [2.24, 2.45) is 0 Å². The second kappa shape index (κ2) is 8.57. The van der Waals surface area contributed by atoms with E-state index in [-0.39, 0.29) is 29.9 Å². The maximum absolute atomic E-state index is 13.3. The molecule has 0 aromatic heterocycles. The first-order valence-corrected chi connectivity index (χ1v) is 9.09. The van der Waals surface area contributed by atoms with Gasteiger partial charge in [-0.15, -0.1) is 0 Å². The Morgan fingerprint density at radius 2 is 1.89 bits per heavy atom. The zero-order valence-electron chi connectivity index (χ0n) is 15.8. The van der Waals surface area contributed by atoms with Crippen LogP contribution in [0.25, 0.3) is 0 Å². The molecule has 0 saturated carbocycles. The van der Waals surface area contributed by atoms with Crippen LogP contribution < -0.4 is 0 Å². The summed E-state index contributed by atoms with van der Waals surface area (Å²) < 4.78 is 24.4. The van der Waals surface area contributed by atoms with Crippen molar-refractivity contribution in [2.45, 2.75) is 32.5 Å². The standard InChI is InChI=1S/C22H21FN2O3/c1-3-27-22(26)19(13-24)21-25(14-16-7-5-4-6-8-16)15(2)20(28-21)17-9-11-18(23)12-10-17/h4-12,15,20H,3,14H2,1-2H3/b21-19-/t15-,20+/m1/s1. The Bertz CT molecular complexity index is 904. The number of carbonyl (C=O) groups excluding carboxylic acids is 1. The molecule has 1 aliphatic heterocycles. The number of hydrogen-bond donors (Lipinski definition) is 0. The molecule has 0 spiro atoms. The lowest BCUT2D eigenvalue weighted by molar-refractivity contribution is -0.138. The molecule has 5 nitrogen and oxygen atoms in total. The molecule has 0 radical (unpaired) electrons. The first-order valence-electron chi connectivity index (χ1n) is 9.09. The largest absolute Gasteiger partial charge is 0.468 e. The van der Waals surface area contributed by atoms with Crippen LogP contribution in [0, 0.1) is 17.1 Å². The van der Waals surface area contributed by atoms with E-state index in [0.717, 1.165) is 11.1 Å². The van der Waals surface area contributed by atoms with Gasteiger partial charge < -0.3 is 14.4 Å². The zero-order chi connectivity index (χ0) is 20.1. The maximum atomic E-state index is 13.3. The fourth-order valence-corrected chi connectivity index (χ4v) is 3.22. The van der Waals surface area contributed by atoms with Gasteiger partial charge in [0.15, 0.2) is 5.57 Å². The van der Waals surface area contributed by atoms with Crippen LogP contribution in [0.5, 0.6) is 0 Å². The first kappa shape index (κ1) is 19.4. The summed E-state index contributed by atoms with van der Waals surface area (Å²) in [6.07, 6.45) is -0.447. The molecular weight excluding hydrogens is 359 g/mol. The van der Waals surface area contributed by atoms with Gasteiger partial charge in [-0.2, -0.15) is 5.26 Å². The van der Waals surface area contributed by atoms with Gasteiger partial charge in [0.25, 0.3) is 0 Å². The van der Waals surface area contributed by atoms with Crippen LogP contribution in [-0.2, 0) is 20.8 Å². The third-order valence-corrected chi connectivity index (χ3v) is 4.63.